The number of carbonyl (C=O) groups is 1. The van der Waals surface area contributed by atoms with Gasteiger partial charge >= 0.3 is 0 Å². The van der Waals surface area contributed by atoms with Crippen LogP contribution in [0, 0.1) is 6.92 Å². The zero-order chi connectivity index (χ0) is 14.8. The Balaban J connectivity index is 1.83. The number of benzene rings is 2. The maximum absolute atomic E-state index is 12.4. The van der Waals surface area contributed by atoms with Gasteiger partial charge in [0.15, 0.2) is 0 Å². The fourth-order valence-electron chi connectivity index (χ4n) is 2.54. The summed E-state index contributed by atoms with van der Waals surface area (Å²) >= 11 is 5.98. The summed E-state index contributed by atoms with van der Waals surface area (Å²) in [4.78, 5) is 12.4. The van der Waals surface area contributed by atoms with Gasteiger partial charge in [0, 0.05) is 28.5 Å². The first-order chi connectivity index (χ1) is 10.1. The zero-order valence-electron chi connectivity index (χ0n) is 11.9. The molecule has 108 valence electrons. The lowest BCUT2D eigenvalue weighted by molar-refractivity contribution is 0.102. The molecule has 2 aromatic rings. The van der Waals surface area contributed by atoms with Crippen molar-refractivity contribution in [1.82, 2.24) is 0 Å². The van der Waals surface area contributed by atoms with Crippen molar-refractivity contribution in [2.75, 3.05) is 17.2 Å². The van der Waals surface area contributed by atoms with Crippen LogP contribution in [0.15, 0.2) is 36.4 Å². The van der Waals surface area contributed by atoms with Gasteiger partial charge in [0.1, 0.15) is 0 Å². The molecule has 0 bridgehead atoms. The molecule has 0 saturated heterocycles. The van der Waals surface area contributed by atoms with Crippen molar-refractivity contribution in [3.8, 4) is 0 Å². The van der Waals surface area contributed by atoms with Crippen molar-refractivity contribution in [3.05, 3.63) is 58.1 Å². The van der Waals surface area contributed by atoms with Crippen molar-refractivity contribution in [2.45, 2.75) is 19.8 Å². The van der Waals surface area contributed by atoms with Gasteiger partial charge in [0.2, 0.25) is 0 Å². The molecule has 0 fully saturated rings. The maximum Gasteiger partial charge on any atom is 0.255 e. The molecule has 3 nitrogen and oxygen atoms in total. The Hall–Kier alpha value is -2.00. The lowest BCUT2D eigenvalue weighted by atomic mass is 10.0. The minimum Gasteiger partial charge on any atom is -0.385 e. The van der Waals surface area contributed by atoms with E-state index in [9.17, 15) is 4.79 Å². The molecule has 0 unspecified atom stereocenters. The normalized spacial score (nSPS) is 13.2. The van der Waals surface area contributed by atoms with Gasteiger partial charge in [-0.15, -0.1) is 0 Å². The summed E-state index contributed by atoms with van der Waals surface area (Å²) in [7, 11) is 0. The number of amides is 1. The van der Waals surface area contributed by atoms with E-state index in [4.69, 9.17) is 11.6 Å². The zero-order valence-corrected chi connectivity index (χ0v) is 12.6. The third-order valence-electron chi connectivity index (χ3n) is 3.75. The lowest BCUT2D eigenvalue weighted by Gasteiger charge is -2.18. The van der Waals surface area contributed by atoms with Gasteiger partial charge in [-0.1, -0.05) is 17.7 Å². The van der Waals surface area contributed by atoms with Crippen LogP contribution in [0.2, 0.25) is 5.02 Å². The minimum atomic E-state index is -0.103. The summed E-state index contributed by atoms with van der Waals surface area (Å²) in [5, 5.41) is 6.89. The Labute approximate surface area is 129 Å². The van der Waals surface area contributed by atoms with Crippen LogP contribution in [0.25, 0.3) is 0 Å². The van der Waals surface area contributed by atoms with Crippen LogP contribution in [-0.2, 0) is 6.42 Å². The standard InChI is InChI=1S/C17H17ClN2O/c1-11-4-6-14(18)10-16(11)20-17(21)13-5-7-15-12(9-13)3-2-8-19-15/h4-7,9-10,19H,2-3,8H2,1H3,(H,20,21). The van der Waals surface area contributed by atoms with Gasteiger partial charge in [0.25, 0.3) is 5.91 Å². The first kappa shape index (κ1) is 14.0. The number of hydrogen-bond acceptors (Lipinski definition) is 2. The first-order valence-electron chi connectivity index (χ1n) is 7.08. The molecule has 21 heavy (non-hydrogen) atoms. The van der Waals surface area contributed by atoms with Gasteiger partial charge < -0.3 is 10.6 Å². The molecular weight excluding hydrogens is 284 g/mol. The van der Waals surface area contributed by atoms with Gasteiger partial charge in [-0.25, -0.2) is 0 Å². The Morgan fingerprint density at radius 3 is 2.95 bits per heavy atom. The average molecular weight is 301 g/mol. The van der Waals surface area contributed by atoms with E-state index in [1.807, 2.05) is 37.3 Å². The van der Waals surface area contributed by atoms with Gasteiger partial charge in [-0.3, -0.25) is 4.79 Å². The van der Waals surface area contributed by atoms with E-state index in [2.05, 4.69) is 10.6 Å². The van der Waals surface area contributed by atoms with Crippen molar-refractivity contribution in [1.29, 1.82) is 0 Å². The second-order valence-electron chi connectivity index (χ2n) is 5.32. The second-order valence-corrected chi connectivity index (χ2v) is 5.75. The van der Waals surface area contributed by atoms with Crippen LogP contribution in [-0.4, -0.2) is 12.5 Å². The lowest BCUT2D eigenvalue weighted by Crippen LogP contribution is -2.16. The summed E-state index contributed by atoms with van der Waals surface area (Å²) < 4.78 is 0. The van der Waals surface area contributed by atoms with Crippen molar-refractivity contribution in [3.63, 3.8) is 0 Å². The quantitative estimate of drug-likeness (QED) is 0.870. The fourth-order valence-corrected chi connectivity index (χ4v) is 2.71. The largest absolute Gasteiger partial charge is 0.385 e. The molecule has 1 aliphatic rings. The predicted octanol–water partition coefficient (Wildman–Crippen LogP) is 4.26. The summed E-state index contributed by atoms with van der Waals surface area (Å²) in [5.74, 6) is -0.103. The molecule has 0 atom stereocenters. The first-order valence-corrected chi connectivity index (χ1v) is 7.45. The summed E-state index contributed by atoms with van der Waals surface area (Å²) in [5.41, 5.74) is 4.76. The number of fused-ring (bicyclic) bond motifs is 1. The Bertz CT molecular complexity index is 697. The Morgan fingerprint density at radius 2 is 2.10 bits per heavy atom. The van der Waals surface area contributed by atoms with Gasteiger partial charge in [-0.2, -0.15) is 0 Å². The molecule has 1 heterocycles. The molecule has 0 saturated carbocycles. The van der Waals surface area contributed by atoms with Gasteiger partial charge in [-0.05, 0) is 61.2 Å². The number of carbonyl (C=O) groups excluding carboxylic acids is 1. The monoisotopic (exact) mass is 300 g/mol. The Morgan fingerprint density at radius 1 is 1.24 bits per heavy atom. The van der Waals surface area contributed by atoms with Crippen molar-refractivity contribution in [2.24, 2.45) is 0 Å². The minimum absolute atomic E-state index is 0.103. The molecule has 0 spiro atoms. The van der Waals surface area contributed by atoms with E-state index in [0.717, 1.165) is 36.3 Å². The smallest absolute Gasteiger partial charge is 0.255 e. The molecular formula is C17H17ClN2O. The fraction of sp³-hybridized carbons (Fsp3) is 0.235. The third kappa shape index (κ3) is 3.03. The number of aryl methyl sites for hydroxylation is 2. The average Bonchev–Trinajstić information content (AvgIpc) is 2.50. The van der Waals surface area contributed by atoms with Gasteiger partial charge in [0.05, 0.1) is 0 Å². The highest BCUT2D eigenvalue weighted by Gasteiger charge is 2.13. The molecule has 2 aromatic carbocycles. The second kappa shape index (κ2) is 5.78. The highest BCUT2D eigenvalue weighted by molar-refractivity contribution is 6.31. The molecule has 0 aliphatic carbocycles. The van der Waals surface area contributed by atoms with Crippen LogP contribution >= 0.6 is 11.6 Å². The number of nitrogens with one attached hydrogen (secondary N) is 2. The van der Waals surface area contributed by atoms with E-state index in [0.29, 0.717) is 10.6 Å². The van der Waals surface area contributed by atoms with Crippen LogP contribution in [0.3, 0.4) is 0 Å². The molecule has 1 aliphatic heterocycles. The molecule has 4 heteroatoms. The number of rotatable bonds is 2. The number of anilines is 2. The highest BCUT2D eigenvalue weighted by Crippen LogP contribution is 2.24. The van der Waals surface area contributed by atoms with Crippen LogP contribution in [0.4, 0.5) is 11.4 Å². The van der Waals surface area contributed by atoms with Crippen molar-refractivity contribution >= 4 is 28.9 Å². The molecule has 0 radical (unpaired) electrons. The van der Waals surface area contributed by atoms with Crippen LogP contribution < -0.4 is 10.6 Å². The van der Waals surface area contributed by atoms with E-state index < -0.39 is 0 Å². The van der Waals surface area contributed by atoms with Crippen molar-refractivity contribution < 1.29 is 4.79 Å². The summed E-state index contributed by atoms with van der Waals surface area (Å²) in [6.45, 7) is 2.95. The van der Waals surface area contributed by atoms with Crippen LogP contribution in [0.1, 0.15) is 27.9 Å². The molecule has 0 aromatic heterocycles. The molecule has 3 rings (SSSR count). The van der Waals surface area contributed by atoms with E-state index in [1.54, 1.807) is 6.07 Å². The summed E-state index contributed by atoms with van der Waals surface area (Å²) in [6, 6.07) is 11.3. The van der Waals surface area contributed by atoms with E-state index >= 15 is 0 Å². The third-order valence-corrected chi connectivity index (χ3v) is 3.99. The van der Waals surface area contributed by atoms with E-state index in [1.165, 1.54) is 5.56 Å². The molecule has 2 N–H and O–H groups in total. The molecule has 1 amide bonds. The topological polar surface area (TPSA) is 41.1 Å². The maximum atomic E-state index is 12.4. The highest BCUT2D eigenvalue weighted by atomic mass is 35.5. The van der Waals surface area contributed by atoms with Crippen LogP contribution in [0.5, 0.6) is 0 Å². The predicted molar refractivity (Wildman–Crippen MR) is 87.4 cm³/mol. The van der Waals surface area contributed by atoms with E-state index in [-0.39, 0.29) is 5.91 Å². The number of halogens is 1. The Kier molecular flexibility index (Phi) is 3.84. The SMILES string of the molecule is Cc1ccc(Cl)cc1NC(=O)c1ccc2c(c1)CCCN2. The summed E-state index contributed by atoms with van der Waals surface area (Å²) in [6.07, 6.45) is 2.12. The number of hydrogen-bond donors (Lipinski definition) is 2.